The van der Waals surface area contributed by atoms with Crippen LogP contribution in [0.2, 0.25) is 10.0 Å². The van der Waals surface area contributed by atoms with Gasteiger partial charge in [0.25, 0.3) is 0 Å². The molecule has 6 aromatic rings. The predicted octanol–water partition coefficient (Wildman–Crippen LogP) is 12.3. The zero-order valence-corrected chi connectivity index (χ0v) is 41.2. The third-order valence-corrected chi connectivity index (χ3v) is 12.7. The maximum Gasteiger partial charge on any atom is 0.220 e. The summed E-state index contributed by atoms with van der Waals surface area (Å²) in [6.45, 7) is 12.0. The maximum atomic E-state index is 13.4. The van der Waals surface area contributed by atoms with Crippen molar-refractivity contribution >= 4 is 58.5 Å². The molecular weight excluding hydrogens is 899 g/mol. The summed E-state index contributed by atoms with van der Waals surface area (Å²) in [5.74, 6) is 3.42. The van der Waals surface area contributed by atoms with Crippen molar-refractivity contribution in [2.24, 2.45) is 5.92 Å². The summed E-state index contributed by atoms with van der Waals surface area (Å²) in [4.78, 5) is 23.9. The molecule has 4 aromatic carbocycles. The largest absolute Gasteiger partial charge is 0.356 e. The van der Waals surface area contributed by atoms with E-state index in [-0.39, 0.29) is 17.6 Å². The molecule has 346 valence electrons. The zero-order chi connectivity index (χ0) is 46.6. The van der Waals surface area contributed by atoms with Crippen LogP contribution in [0.5, 0.6) is 0 Å². The average molecular weight is 960 g/mol. The first-order valence-corrected chi connectivity index (χ1v) is 25.1. The smallest absolute Gasteiger partial charge is 0.220 e. The van der Waals surface area contributed by atoms with Crippen molar-refractivity contribution in [3.8, 4) is 11.4 Å². The molecule has 0 atom stereocenters. The number of carbonyl (C=O) groups excluding carboxylic acids is 2. The van der Waals surface area contributed by atoms with E-state index in [0.29, 0.717) is 52.7 Å². The molecule has 0 aliphatic carbocycles. The van der Waals surface area contributed by atoms with Crippen LogP contribution in [0.4, 0.5) is 4.39 Å². The third kappa shape index (κ3) is 17.2. The van der Waals surface area contributed by atoms with Gasteiger partial charge >= 0.3 is 0 Å². The molecule has 2 heterocycles. The van der Waals surface area contributed by atoms with Gasteiger partial charge < -0.3 is 10.6 Å². The number of unbranched alkanes of at least 4 members (excludes halogenated alkanes) is 3. The van der Waals surface area contributed by atoms with E-state index in [9.17, 15) is 14.0 Å². The molecule has 0 aliphatic heterocycles. The fraction of sp³-hybridized carbons (Fsp3) is 0.400. The van der Waals surface area contributed by atoms with E-state index < -0.39 is 0 Å². The van der Waals surface area contributed by atoms with Gasteiger partial charge in [-0.05, 0) is 105 Å². The molecular formula is C50H61Cl2FN8O2S2. The highest BCUT2D eigenvalue weighted by Gasteiger charge is 2.17. The number of aryl methyl sites for hydroxylation is 4. The number of carbonyl (C=O) groups is 2. The van der Waals surface area contributed by atoms with Crippen molar-refractivity contribution in [1.29, 1.82) is 0 Å². The Balaban J connectivity index is 0.000000244. The van der Waals surface area contributed by atoms with Crippen LogP contribution in [-0.4, -0.2) is 54.4 Å². The summed E-state index contributed by atoms with van der Waals surface area (Å²) in [6, 6.07) is 28.8. The van der Waals surface area contributed by atoms with Crippen molar-refractivity contribution in [2.75, 3.05) is 13.1 Å². The SMILES string of the molecule is CC(C)CNC(=O)CCCCc1nnc(SCc2ccc(F)cc2Cl)n1-c1cccc(Cl)c1.CCCCNC(=O)CCCCc1nnc(SCc2cc(C)cc(C)c2)n1-c1ccccc1. The van der Waals surface area contributed by atoms with Crippen LogP contribution in [0.1, 0.15) is 106 Å². The minimum absolute atomic E-state index is 0.0763. The van der Waals surface area contributed by atoms with E-state index in [1.165, 1.54) is 40.6 Å². The Hall–Kier alpha value is -4.69. The number of para-hydroxylation sites is 1. The summed E-state index contributed by atoms with van der Waals surface area (Å²) in [5.41, 5.74) is 6.62. The highest BCUT2D eigenvalue weighted by molar-refractivity contribution is 7.98. The second-order valence-electron chi connectivity index (χ2n) is 16.4. The first-order valence-electron chi connectivity index (χ1n) is 22.4. The molecule has 65 heavy (non-hydrogen) atoms. The number of aromatic nitrogens is 6. The van der Waals surface area contributed by atoms with Crippen molar-refractivity contribution in [2.45, 2.75) is 121 Å². The molecule has 0 fully saturated rings. The fourth-order valence-electron chi connectivity index (χ4n) is 6.94. The number of nitrogens with one attached hydrogen (secondary N) is 2. The van der Waals surface area contributed by atoms with E-state index in [2.05, 4.69) is 101 Å². The minimum Gasteiger partial charge on any atom is -0.356 e. The van der Waals surface area contributed by atoms with Gasteiger partial charge in [0.15, 0.2) is 10.3 Å². The van der Waals surface area contributed by atoms with Crippen molar-refractivity contribution < 1.29 is 14.0 Å². The average Bonchev–Trinajstić information content (AvgIpc) is 3.88. The summed E-state index contributed by atoms with van der Waals surface area (Å²) < 4.78 is 17.5. The molecule has 0 saturated heterocycles. The van der Waals surface area contributed by atoms with E-state index in [1.54, 1.807) is 17.8 Å². The number of amides is 2. The Kier molecular flexibility index (Phi) is 21.4. The Morgan fingerprint density at radius 3 is 1.88 bits per heavy atom. The Morgan fingerprint density at radius 1 is 0.677 bits per heavy atom. The highest BCUT2D eigenvalue weighted by Crippen LogP contribution is 2.30. The quantitative estimate of drug-likeness (QED) is 0.0481. The van der Waals surface area contributed by atoms with E-state index in [0.717, 1.165) is 91.0 Å². The topological polar surface area (TPSA) is 120 Å². The molecule has 15 heteroatoms. The van der Waals surface area contributed by atoms with Gasteiger partial charge in [0.05, 0.1) is 5.69 Å². The van der Waals surface area contributed by atoms with Crippen LogP contribution in [0.15, 0.2) is 101 Å². The lowest BCUT2D eigenvalue weighted by Gasteiger charge is -2.11. The minimum atomic E-state index is -0.365. The van der Waals surface area contributed by atoms with Crippen molar-refractivity contribution in [3.63, 3.8) is 0 Å². The van der Waals surface area contributed by atoms with E-state index in [1.807, 2.05) is 47.0 Å². The summed E-state index contributed by atoms with van der Waals surface area (Å²) in [5, 5.41) is 26.3. The van der Waals surface area contributed by atoms with Crippen molar-refractivity contribution in [3.05, 3.63) is 141 Å². The normalized spacial score (nSPS) is 11.1. The predicted molar refractivity (Wildman–Crippen MR) is 265 cm³/mol. The highest BCUT2D eigenvalue weighted by atomic mass is 35.5. The first-order chi connectivity index (χ1) is 31.4. The Bertz CT molecular complexity index is 2410. The second kappa shape index (κ2) is 27.1. The van der Waals surface area contributed by atoms with E-state index in [4.69, 9.17) is 23.2 Å². The molecule has 0 spiro atoms. The van der Waals surface area contributed by atoms with Gasteiger partial charge in [-0.15, -0.1) is 20.4 Å². The number of hydrogen-bond acceptors (Lipinski definition) is 8. The fourth-order valence-corrected chi connectivity index (χ4v) is 9.31. The van der Waals surface area contributed by atoms with E-state index >= 15 is 0 Å². The molecule has 0 bridgehead atoms. The standard InChI is InChI=1S/C26H34N4OS.C24H27Cl2FN4OS/c1-4-5-15-27-25(31)14-10-9-13-24-28-29-26(30(24)23-11-7-6-8-12-23)32-19-22-17-20(2)16-21(3)18-22;1-16(2)14-28-23(32)9-4-3-8-22-29-30-24(31(22)20-7-5-6-18(25)12-20)33-15-17-10-11-19(27)13-21(17)26/h6-8,11-12,16-18H,4-5,9-10,13-15,19H2,1-3H3,(H,27,31);5-7,10-13,16H,3-4,8-9,14-15H2,1-2H3,(H,28,32). The van der Waals surface area contributed by atoms with Crippen LogP contribution in [0.3, 0.4) is 0 Å². The summed E-state index contributed by atoms with van der Waals surface area (Å²) in [7, 11) is 0. The molecule has 0 radical (unpaired) electrons. The molecule has 0 saturated carbocycles. The number of hydrogen-bond donors (Lipinski definition) is 2. The van der Waals surface area contributed by atoms with Gasteiger partial charge in [0.2, 0.25) is 11.8 Å². The lowest BCUT2D eigenvalue weighted by Crippen LogP contribution is -2.26. The second-order valence-corrected chi connectivity index (χ2v) is 19.1. The van der Waals surface area contributed by atoms with Crippen LogP contribution >= 0.6 is 46.7 Å². The lowest BCUT2D eigenvalue weighted by molar-refractivity contribution is -0.122. The molecule has 10 nitrogen and oxygen atoms in total. The van der Waals surface area contributed by atoms with Crippen molar-refractivity contribution in [1.82, 2.24) is 40.2 Å². The van der Waals surface area contributed by atoms with Crippen LogP contribution in [0.25, 0.3) is 11.4 Å². The first kappa shape index (κ1) is 51.3. The number of benzene rings is 4. The van der Waals surface area contributed by atoms with Gasteiger partial charge in [-0.2, -0.15) is 0 Å². The van der Waals surface area contributed by atoms with Crippen LogP contribution in [-0.2, 0) is 33.9 Å². The van der Waals surface area contributed by atoms with Gasteiger partial charge in [0.1, 0.15) is 17.5 Å². The van der Waals surface area contributed by atoms with Gasteiger partial charge in [-0.3, -0.25) is 18.7 Å². The zero-order valence-electron chi connectivity index (χ0n) is 38.1. The van der Waals surface area contributed by atoms with Gasteiger partial charge in [0, 0.05) is 66.0 Å². The molecule has 2 aromatic heterocycles. The molecule has 0 aliphatic rings. The molecule has 6 rings (SSSR count). The summed E-state index contributed by atoms with van der Waals surface area (Å²) >= 11 is 15.6. The monoisotopic (exact) mass is 958 g/mol. The lowest BCUT2D eigenvalue weighted by atomic mass is 10.1. The van der Waals surface area contributed by atoms with Gasteiger partial charge in [-0.25, -0.2) is 4.39 Å². The molecule has 2 amide bonds. The number of rotatable bonds is 23. The van der Waals surface area contributed by atoms with Crippen LogP contribution < -0.4 is 10.6 Å². The molecule has 2 N–H and O–H groups in total. The Labute approximate surface area is 402 Å². The van der Waals surface area contributed by atoms with Gasteiger partial charge in [-0.1, -0.05) is 134 Å². The number of nitrogens with zero attached hydrogens (tertiary/aromatic N) is 6. The number of halogens is 3. The maximum absolute atomic E-state index is 13.4. The third-order valence-electron chi connectivity index (χ3n) is 10.2. The summed E-state index contributed by atoms with van der Waals surface area (Å²) in [6.07, 6.45) is 8.00. The molecule has 0 unspecified atom stereocenters. The van der Waals surface area contributed by atoms with Crippen LogP contribution in [0, 0.1) is 25.6 Å². The number of thioether (sulfide) groups is 2. The Morgan fingerprint density at radius 2 is 1.28 bits per heavy atom.